The highest BCUT2D eigenvalue weighted by molar-refractivity contribution is 5.86. The second-order valence-electron chi connectivity index (χ2n) is 8.38. The molecule has 2 aromatic carbocycles. The topological polar surface area (TPSA) is 95.1 Å². The minimum Gasteiger partial charge on any atom is -0.481 e. The number of nitrogens with one attached hydrogen (secondary N) is 2. The number of pyridine rings is 1. The zero-order valence-electron chi connectivity index (χ0n) is 18.8. The first-order valence-electron chi connectivity index (χ1n) is 11.0. The number of hydrogen-bond acceptors (Lipinski definition) is 3. The van der Waals surface area contributed by atoms with Crippen molar-refractivity contribution in [2.24, 2.45) is 0 Å². The van der Waals surface area contributed by atoms with E-state index in [2.05, 4.69) is 21.4 Å². The number of fused-ring (bicyclic) bond motifs is 1. The number of carbonyl (C=O) groups excluding carboxylic acids is 1. The van der Waals surface area contributed by atoms with Gasteiger partial charge in [0.2, 0.25) is 5.91 Å². The summed E-state index contributed by atoms with van der Waals surface area (Å²) < 4.78 is 0. The number of amides is 1. The summed E-state index contributed by atoms with van der Waals surface area (Å²) in [5, 5.41) is 13.1. The van der Waals surface area contributed by atoms with Crippen molar-refractivity contribution < 1.29 is 14.7 Å². The van der Waals surface area contributed by atoms with Crippen molar-refractivity contribution in [2.75, 3.05) is 0 Å². The molecule has 2 aromatic heterocycles. The summed E-state index contributed by atoms with van der Waals surface area (Å²) in [5.74, 6) is -0.931. The van der Waals surface area contributed by atoms with Crippen molar-refractivity contribution >= 4 is 22.8 Å². The van der Waals surface area contributed by atoms with Gasteiger partial charge < -0.3 is 15.4 Å². The van der Waals surface area contributed by atoms with Crippen LogP contribution in [0.4, 0.5) is 0 Å². The van der Waals surface area contributed by atoms with Crippen LogP contribution in [-0.2, 0) is 22.4 Å². The molecule has 168 valence electrons. The van der Waals surface area contributed by atoms with Gasteiger partial charge in [0.1, 0.15) is 0 Å². The van der Waals surface area contributed by atoms with Gasteiger partial charge in [-0.2, -0.15) is 0 Å². The zero-order valence-corrected chi connectivity index (χ0v) is 18.8. The lowest BCUT2D eigenvalue weighted by Gasteiger charge is -2.21. The number of carboxylic acids is 1. The molecule has 0 aliphatic heterocycles. The van der Waals surface area contributed by atoms with Crippen LogP contribution in [0.1, 0.15) is 46.0 Å². The monoisotopic (exact) mass is 441 g/mol. The van der Waals surface area contributed by atoms with Gasteiger partial charge in [0, 0.05) is 29.7 Å². The molecule has 4 rings (SSSR count). The summed E-state index contributed by atoms with van der Waals surface area (Å²) in [6.07, 6.45) is 4.30. The van der Waals surface area contributed by atoms with Crippen LogP contribution in [0.5, 0.6) is 0 Å². The summed E-state index contributed by atoms with van der Waals surface area (Å²) in [5.41, 5.74) is 6.82. The third-order valence-corrected chi connectivity index (χ3v) is 5.83. The molecule has 0 spiro atoms. The van der Waals surface area contributed by atoms with Crippen LogP contribution in [0.15, 0.2) is 67.0 Å². The van der Waals surface area contributed by atoms with Crippen molar-refractivity contribution in [1.29, 1.82) is 0 Å². The Bertz CT molecular complexity index is 1290. The van der Waals surface area contributed by atoms with Crippen molar-refractivity contribution in [3.8, 4) is 0 Å². The highest BCUT2D eigenvalue weighted by Crippen LogP contribution is 2.25. The Morgan fingerprint density at radius 2 is 1.94 bits per heavy atom. The first-order chi connectivity index (χ1) is 15.9. The lowest BCUT2D eigenvalue weighted by molar-refractivity contribution is -0.137. The second kappa shape index (κ2) is 9.69. The van der Waals surface area contributed by atoms with E-state index in [0.717, 1.165) is 38.9 Å². The van der Waals surface area contributed by atoms with Crippen LogP contribution in [-0.4, -0.2) is 27.0 Å². The third-order valence-electron chi connectivity index (χ3n) is 5.83. The van der Waals surface area contributed by atoms with Crippen LogP contribution < -0.4 is 5.32 Å². The SMILES string of the molecule is Cc1ccc(C(NC(=O)Cc2ccc3[nH]cc(CCC(=O)O)c3c2)c2ccccn2)c(C)c1. The highest BCUT2D eigenvalue weighted by Gasteiger charge is 2.20. The van der Waals surface area contributed by atoms with E-state index >= 15 is 0 Å². The normalized spacial score (nSPS) is 11.9. The number of hydrogen-bond donors (Lipinski definition) is 3. The number of aromatic nitrogens is 2. The molecule has 0 saturated heterocycles. The van der Waals surface area contributed by atoms with Crippen LogP contribution >= 0.6 is 0 Å². The summed E-state index contributed by atoms with van der Waals surface area (Å²) in [6, 6.07) is 17.4. The summed E-state index contributed by atoms with van der Waals surface area (Å²) in [6.45, 7) is 4.09. The van der Waals surface area contributed by atoms with E-state index in [9.17, 15) is 9.59 Å². The number of aryl methyl sites for hydroxylation is 3. The molecule has 0 saturated carbocycles. The zero-order chi connectivity index (χ0) is 23.4. The molecule has 0 bridgehead atoms. The summed E-state index contributed by atoms with van der Waals surface area (Å²) in [7, 11) is 0. The molecule has 0 radical (unpaired) electrons. The summed E-state index contributed by atoms with van der Waals surface area (Å²) >= 11 is 0. The minimum absolute atomic E-state index is 0.0688. The predicted octanol–water partition coefficient (Wildman–Crippen LogP) is 4.65. The lowest BCUT2D eigenvalue weighted by Crippen LogP contribution is -2.31. The number of nitrogens with zero attached hydrogens (tertiary/aromatic N) is 1. The van der Waals surface area contributed by atoms with Crippen molar-refractivity contribution in [3.05, 3.63) is 101 Å². The fourth-order valence-corrected chi connectivity index (χ4v) is 4.19. The van der Waals surface area contributed by atoms with Crippen molar-refractivity contribution in [1.82, 2.24) is 15.3 Å². The first-order valence-corrected chi connectivity index (χ1v) is 11.0. The Morgan fingerprint density at radius 3 is 2.67 bits per heavy atom. The maximum Gasteiger partial charge on any atom is 0.303 e. The van der Waals surface area contributed by atoms with Gasteiger partial charge in [-0.25, -0.2) is 0 Å². The molecule has 0 fully saturated rings. The predicted molar refractivity (Wildman–Crippen MR) is 128 cm³/mol. The van der Waals surface area contributed by atoms with E-state index in [-0.39, 0.29) is 24.8 Å². The fourth-order valence-electron chi connectivity index (χ4n) is 4.19. The lowest BCUT2D eigenvalue weighted by atomic mass is 9.96. The molecule has 6 heteroatoms. The average Bonchev–Trinajstić information content (AvgIpc) is 3.19. The Kier molecular flexibility index (Phi) is 6.54. The number of benzene rings is 2. The molecule has 3 N–H and O–H groups in total. The fraction of sp³-hybridized carbons (Fsp3) is 0.222. The van der Waals surface area contributed by atoms with E-state index in [1.807, 2.05) is 68.6 Å². The molecule has 1 atom stereocenters. The van der Waals surface area contributed by atoms with Gasteiger partial charge >= 0.3 is 5.97 Å². The van der Waals surface area contributed by atoms with Gasteiger partial charge in [0.15, 0.2) is 0 Å². The van der Waals surface area contributed by atoms with Crippen LogP contribution in [0.25, 0.3) is 10.9 Å². The quantitative estimate of drug-likeness (QED) is 0.371. The molecule has 1 unspecified atom stereocenters. The van der Waals surface area contributed by atoms with Gasteiger partial charge in [-0.1, -0.05) is 35.9 Å². The van der Waals surface area contributed by atoms with Crippen LogP contribution in [0, 0.1) is 13.8 Å². The molecular formula is C27H27N3O3. The van der Waals surface area contributed by atoms with E-state index in [1.165, 1.54) is 5.56 Å². The van der Waals surface area contributed by atoms with Crippen LogP contribution in [0.3, 0.4) is 0 Å². The van der Waals surface area contributed by atoms with Crippen molar-refractivity contribution in [2.45, 2.75) is 39.2 Å². The molecule has 6 nitrogen and oxygen atoms in total. The molecule has 0 aliphatic carbocycles. The molecule has 2 heterocycles. The van der Waals surface area contributed by atoms with E-state index in [0.29, 0.717) is 6.42 Å². The van der Waals surface area contributed by atoms with E-state index in [1.54, 1.807) is 6.20 Å². The number of aromatic amines is 1. The Morgan fingerprint density at radius 1 is 1.09 bits per heavy atom. The Balaban J connectivity index is 1.57. The van der Waals surface area contributed by atoms with Gasteiger partial charge in [-0.3, -0.25) is 14.6 Å². The van der Waals surface area contributed by atoms with E-state index in [4.69, 9.17) is 5.11 Å². The highest BCUT2D eigenvalue weighted by atomic mass is 16.4. The number of carbonyl (C=O) groups is 2. The maximum atomic E-state index is 13.1. The average molecular weight is 442 g/mol. The van der Waals surface area contributed by atoms with E-state index < -0.39 is 5.97 Å². The van der Waals surface area contributed by atoms with Crippen molar-refractivity contribution in [3.63, 3.8) is 0 Å². The maximum absolute atomic E-state index is 13.1. The molecule has 4 aromatic rings. The standard InChI is InChI=1S/C27H27N3O3/c1-17-6-9-21(18(2)13-17)27(24-5-3-4-12-28-24)30-25(31)15-19-7-10-23-22(14-19)20(16-29-23)8-11-26(32)33/h3-7,9-10,12-14,16,27,29H,8,11,15H2,1-2H3,(H,30,31)(H,32,33). The minimum atomic E-state index is -0.827. The van der Waals surface area contributed by atoms with Gasteiger partial charge in [-0.05, 0) is 66.8 Å². The van der Waals surface area contributed by atoms with Crippen LogP contribution in [0.2, 0.25) is 0 Å². The molecule has 33 heavy (non-hydrogen) atoms. The van der Waals surface area contributed by atoms with Gasteiger partial charge in [-0.15, -0.1) is 0 Å². The number of rotatable bonds is 8. The number of carboxylic acid groups (broad SMARTS) is 1. The largest absolute Gasteiger partial charge is 0.481 e. The summed E-state index contributed by atoms with van der Waals surface area (Å²) in [4.78, 5) is 31.7. The van der Waals surface area contributed by atoms with Gasteiger partial charge in [0.05, 0.1) is 18.2 Å². The molecule has 0 aliphatic rings. The Labute approximate surface area is 192 Å². The third kappa shape index (κ3) is 5.29. The smallest absolute Gasteiger partial charge is 0.303 e. The molecular weight excluding hydrogens is 414 g/mol. The Hall–Kier alpha value is -3.93. The first kappa shape index (κ1) is 22.3. The molecule has 1 amide bonds. The van der Waals surface area contributed by atoms with Gasteiger partial charge in [0.25, 0.3) is 0 Å². The second-order valence-corrected chi connectivity index (χ2v) is 8.38. The number of aliphatic carboxylic acids is 1. The number of H-pyrrole nitrogens is 1.